The van der Waals surface area contributed by atoms with E-state index in [1.165, 1.54) is 0 Å². The van der Waals surface area contributed by atoms with Crippen LogP contribution in [0.15, 0.2) is 48.5 Å². The van der Waals surface area contributed by atoms with Crippen LogP contribution >= 0.6 is 0 Å². The minimum atomic E-state index is -0.866. The summed E-state index contributed by atoms with van der Waals surface area (Å²) in [6.45, 7) is 4.45. The Morgan fingerprint density at radius 3 is 2.48 bits per heavy atom. The lowest BCUT2D eigenvalue weighted by Gasteiger charge is -2.17. The summed E-state index contributed by atoms with van der Waals surface area (Å²) in [6, 6.07) is 15.1. The average Bonchev–Trinajstić information content (AvgIpc) is 2.55. The van der Waals surface area contributed by atoms with Gasteiger partial charge in [-0.15, -0.1) is 0 Å². The number of ether oxygens (including phenoxy) is 2. The van der Waals surface area contributed by atoms with Gasteiger partial charge >= 0.3 is 5.97 Å². The van der Waals surface area contributed by atoms with Gasteiger partial charge in [-0.1, -0.05) is 43.3 Å². The van der Waals surface area contributed by atoms with Gasteiger partial charge in [-0.3, -0.25) is 4.79 Å². The van der Waals surface area contributed by atoms with Gasteiger partial charge in [0.25, 0.3) is 0 Å². The molecule has 0 amide bonds. The van der Waals surface area contributed by atoms with E-state index < -0.39 is 5.97 Å². The fourth-order valence-corrected chi connectivity index (χ4v) is 2.08. The van der Waals surface area contributed by atoms with Crippen molar-refractivity contribution in [3.05, 3.63) is 59.7 Å². The molecule has 0 spiro atoms. The predicted octanol–water partition coefficient (Wildman–Crippen LogP) is 4.07. The first-order chi connectivity index (χ1) is 11.1. The molecule has 122 valence electrons. The summed E-state index contributed by atoms with van der Waals surface area (Å²) in [5.74, 6) is 0.354. The Balaban J connectivity index is 2.18. The Hall–Kier alpha value is -2.49. The largest absolute Gasteiger partial charge is 0.487 e. The van der Waals surface area contributed by atoms with E-state index in [4.69, 9.17) is 14.6 Å². The summed E-state index contributed by atoms with van der Waals surface area (Å²) in [7, 11) is 0. The van der Waals surface area contributed by atoms with Crippen LogP contribution < -0.4 is 9.47 Å². The lowest BCUT2D eigenvalue weighted by atomic mass is 10.1. The molecule has 4 nitrogen and oxygen atoms in total. The Bertz CT molecular complexity index is 637. The Kier molecular flexibility index (Phi) is 6.03. The Morgan fingerprint density at radius 1 is 1.09 bits per heavy atom. The maximum absolute atomic E-state index is 10.9. The first-order valence-corrected chi connectivity index (χ1v) is 7.76. The fraction of sp³-hybridized carbons (Fsp3) is 0.316. The van der Waals surface area contributed by atoms with Crippen molar-refractivity contribution in [3.8, 4) is 11.5 Å². The van der Waals surface area contributed by atoms with Gasteiger partial charge in [0.2, 0.25) is 0 Å². The highest BCUT2D eigenvalue weighted by Gasteiger charge is 2.11. The number of hydrogen-bond donors (Lipinski definition) is 1. The van der Waals surface area contributed by atoms with Crippen molar-refractivity contribution in [1.82, 2.24) is 0 Å². The molecule has 1 N–H and O–H groups in total. The van der Waals surface area contributed by atoms with E-state index in [9.17, 15) is 4.79 Å². The second-order valence-corrected chi connectivity index (χ2v) is 5.46. The average molecular weight is 314 g/mol. The molecule has 0 aromatic heterocycles. The third kappa shape index (κ3) is 5.33. The Labute approximate surface area is 136 Å². The van der Waals surface area contributed by atoms with Gasteiger partial charge in [0.15, 0.2) is 11.5 Å². The number of carbonyl (C=O) groups is 1. The number of hydrogen-bond acceptors (Lipinski definition) is 3. The topological polar surface area (TPSA) is 55.8 Å². The molecular formula is C19H22O4. The van der Waals surface area contributed by atoms with Gasteiger partial charge in [-0.25, -0.2) is 0 Å². The molecule has 0 aliphatic heterocycles. The van der Waals surface area contributed by atoms with Gasteiger partial charge in [-0.2, -0.15) is 0 Å². The molecule has 2 aromatic rings. The molecule has 0 radical (unpaired) electrons. The number of rotatable bonds is 8. The Morgan fingerprint density at radius 2 is 1.83 bits per heavy atom. The lowest BCUT2D eigenvalue weighted by Crippen LogP contribution is -2.11. The molecule has 4 heteroatoms. The summed E-state index contributed by atoms with van der Waals surface area (Å²) in [4.78, 5) is 10.9. The van der Waals surface area contributed by atoms with Gasteiger partial charge < -0.3 is 14.6 Å². The van der Waals surface area contributed by atoms with Crippen molar-refractivity contribution in [1.29, 1.82) is 0 Å². The molecule has 23 heavy (non-hydrogen) atoms. The van der Waals surface area contributed by atoms with Crippen LogP contribution in [0.2, 0.25) is 0 Å². The molecule has 2 rings (SSSR count). The molecule has 0 aliphatic carbocycles. The van der Waals surface area contributed by atoms with Crippen LogP contribution in [0, 0.1) is 0 Å². The number of benzene rings is 2. The summed E-state index contributed by atoms with van der Waals surface area (Å²) in [6.07, 6.45) is 0.916. The number of carboxylic acids is 1. The molecule has 0 saturated heterocycles. The van der Waals surface area contributed by atoms with Crippen molar-refractivity contribution in [2.45, 2.75) is 39.4 Å². The molecule has 2 aromatic carbocycles. The third-order valence-corrected chi connectivity index (χ3v) is 3.50. The number of aliphatic carboxylic acids is 1. The molecule has 0 bridgehead atoms. The highest BCUT2D eigenvalue weighted by Crippen LogP contribution is 2.30. The summed E-state index contributed by atoms with van der Waals surface area (Å²) in [5, 5.41) is 8.95. The van der Waals surface area contributed by atoms with Crippen molar-refractivity contribution in [2.75, 3.05) is 0 Å². The highest BCUT2D eigenvalue weighted by atomic mass is 16.5. The van der Waals surface area contributed by atoms with Gasteiger partial charge in [0, 0.05) is 0 Å². The van der Waals surface area contributed by atoms with E-state index in [1.54, 1.807) is 18.2 Å². The van der Waals surface area contributed by atoms with E-state index >= 15 is 0 Å². The third-order valence-electron chi connectivity index (χ3n) is 3.50. The van der Waals surface area contributed by atoms with Crippen LogP contribution in [-0.2, 0) is 17.8 Å². The maximum atomic E-state index is 10.9. The van der Waals surface area contributed by atoms with Gasteiger partial charge in [0.05, 0.1) is 12.5 Å². The van der Waals surface area contributed by atoms with Gasteiger partial charge in [-0.05, 0) is 36.6 Å². The zero-order chi connectivity index (χ0) is 16.7. The first-order valence-electron chi connectivity index (χ1n) is 7.76. The summed E-state index contributed by atoms with van der Waals surface area (Å²) >= 11 is 0. The highest BCUT2D eigenvalue weighted by molar-refractivity contribution is 5.70. The minimum absolute atomic E-state index is 0.0364. The standard InChI is InChI=1S/C19H22O4/c1-3-14(2)23-17-10-9-16(12-19(20)21)11-18(17)22-13-15-7-5-4-6-8-15/h4-11,14H,3,12-13H2,1-2H3,(H,20,21). The van der Waals surface area contributed by atoms with E-state index in [-0.39, 0.29) is 12.5 Å². The van der Waals surface area contributed by atoms with E-state index in [1.807, 2.05) is 44.2 Å². The van der Waals surface area contributed by atoms with E-state index in [2.05, 4.69) is 0 Å². The van der Waals surface area contributed by atoms with Crippen LogP contribution in [0.5, 0.6) is 11.5 Å². The minimum Gasteiger partial charge on any atom is -0.487 e. The molecular weight excluding hydrogens is 292 g/mol. The molecule has 0 saturated carbocycles. The summed E-state index contributed by atoms with van der Waals surface area (Å²) < 4.78 is 11.7. The quantitative estimate of drug-likeness (QED) is 0.798. The maximum Gasteiger partial charge on any atom is 0.307 e. The molecule has 0 fully saturated rings. The first kappa shape index (κ1) is 16.9. The number of carboxylic acid groups (broad SMARTS) is 1. The SMILES string of the molecule is CCC(C)Oc1ccc(CC(=O)O)cc1OCc1ccccc1. The van der Waals surface area contributed by atoms with E-state index in [0.29, 0.717) is 23.7 Å². The van der Waals surface area contributed by atoms with Crippen molar-refractivity contribution >= 4 is 5.97 Å². The van der Waals surface area contributed by atoms with Crippen LogP contribution in [-0.4, -0.2) is 17.2 Å². The van der Waals surface area contributed by atoms with Crippen LogP contribution in [0.4, 0.5) is 0 Å². The lowest BCUT2D eigenvalue weighted by molar-refractivity contribution is -0.136. The van der Waals surface area contributed by atoms with Crippen LogP contribution in [0.3, 0.4) is 0 Å². The smallest absolute Gasteiger partial charge is 0.307 e. The van der Waals surface area contributed by atoms with Crippen molar-refractivity contribution < 1.29 is 19.4 Å². The monoisotopic (exact) mass is 314 g/mol. The molecule has 0 aliphatic rings. The van der Waals surface area contributed by atoms with E-state index in [0.717, 1.165) is 12.0 Å². The zero-order valence-corrected chi connectivity index (χ0v) is 13.5. The predicted molar refractivity (Wildman–Crippen MR) is 88.9 cm³/mol. The van der Waals surface area contributed by atoms with Crippen LogP contribution in [0.1, 0.15) is 31.4 Å². The normalized spacial score (nSPS) is 11.7. The molecule has 1 unspecified atom stereocenters. The van der Waals surface area contributed by atoms with Crippen LogP contribution in [0.25, 0.3) is 0 Å². The van der Waals surface area contributed by atoms with Crippen molar-refractivity contribution in [3.63, 3.8) is 0 Å². The second kappa shape index (κ2) is 8.22. The molecule has 0 heterocycles. The zero-order valence-electron chi connectivity index (χ0n) is 13.5. The molecule has 1 atom stereocenters. The second-order valence-electron chi connectivity index (χ2n) is 5.46. The van der Waals surface area contributed by atoms with Gasteiger partial charge in [0.1, 0.15) is 6.61 Å². The summed E-state index contributed by atoms with van der Waals surface area (Å²) in [5.41, 5.74) is 1.74. The fourth-order valence-electron chi connectivity index (χ4n) is 2.08. The van der Waals surface area contributed by atoms with Crippen molar-refractivity contribution in [2.24, 2.45) is 0 Å².